The minimum Gasteiger partial charge on any atom is -0.166 e. The van der Waals surface area contributed by atoms with Crippen LogP contribution in [0.4, 0.5) is 13.2 Å². The van der Waals surface area contributed by atoms with E-state index in [0.717, 1.165) is 33.0 Å². The summed E-state index contributed by atoms with van der Waals surface area (Å²) in [6.45, 7) is 2.32. The molecule has 0 saturated heterocycles. The highest BCUT2D eigenvalue weighted by Crippen LogP contribution is 2.34. The van der Waals surface area contributed by atoms with Crippen LogP contribution in [-0.4, -0.2) is 6.54 Å². The van der Waals surface area contributed by atoms with Gasteiger partial charge in [-0.1, -0.05) is 17.2 Å². The van der Waals surface area contributed by atoms with Gasteiger partial charge in [-0.15, -0.1) is 11.3 Å². The highest BCUT2D eigenvalue weighted by atomic mass is 32.1. The lowest BCUT2D eigenvalue weighted by atomic mass is 10.1. The molecule has 110 valence electrons. The Morgan fingerprint density at radius 2 is 1.90 bits per heavy atom. The Kier molecular flexibility index (Phi) is 4.55. The topological polar surface area (TPSA) is 48.8 Å². The zero-order valence-corrected chi connectivity index (χ0v) is 12.0. The van der Waals surface area contributed by atoms with Crippen LogP contribution in [0.25, 0.3) is 20.9 Å². The Morgan fingerprint density at radius 1 is 1.24 bits per heavy atom. The second-order valence-corrected chi connectivity index (χ2v) is 5.73. The van der Waals surface area contributed by atoms with Crippen LogP contribution >= 0.6 is 11.3 Å². The predicted molar refractivity (Wildman–Crippen MR) is 77.2 cm³/mol. The smallest absolute Gasteiger partial charge is 0.166 e. The molecule has 0 aliphatic heterocycles. The number of rotatable bonds is 4. The van der Waals surface area contributed by atoms with Gasteiger partial charge in [-0.3, -0.25) is 0 Å². The molecule has 0 fully saturated rings. The summed E-state index contributed by atoms with van der Waals surface area (Å²) >= 11 is 1.52. The summed E-state index contributed by atoms with van der Waals surface area (Å²) in [5, 5.41) is 3.49. The molecule has 0 aliphatic rings. The van der Waals surface area contributed by atoms with E-state index in [2.05, 4.69) is 10.0 Å². The molecule has 0 bridgehead atoms. The van der Waals surface area contributed by atoms with Crippen molar-refractivity contribution in [2.24, 2.45) is 5.11 Å². The van der Waals surface area contributed by atoms with Gasteiger partial charge >= 0.3 is 6.18 Å². The summed E-state index contributed by atoms with van der Waals surface area (Å²) < 4.78 is 37.6. The first-order chi connectivity index (χ1) is 9.91. The van der Waals surface area contributed by atoms with E-state index in [1.165, 1.54) is 23.5 Å². The molecule has 7 heteroatoms. The second kappa shape index (κ2) is 6.20. The standard InChI is InChI=1S/C14H12F3N3S/c1-9-11(6-7-19-20-18)8-13(21-9)10-2-4-12(5-3-10)14(15,16)17/h2-5,8H,6-7H2,1H3. The average molecular weight is 311 g/mol. The molecule has 2 rings (SSSR count). The summed E-state index contributed by atoms with van der Waals surface area (Å²) in [5.41, 5.74) is 9.42. The van der Waals surface area contributed by atoms with Crippen LogP contribution < -0.4 is 0 Å². The lowest BCUT2D eigenvalue weighted by molar-refractivity contribution is -0.137. The van der Waals surface area contributed by atoms with Crippen LogP contribution in [0.5, 0.6) is 0 Å². The minimum absolute atomic E-state index is 0.376. The highest BCUT2D eigenvalue weighted by molar-refractivity contribution is 7.15. The number of hydrogen-bond acceptors (Lipinski definition) is 2. The Morgan fingerprint density at radius 3 is 2.48 bits per heavy atom. The van der Waals surface area contributed by atoms with Crippen molar-refractivity contribution < 1.29 is 13.2 Å². The number of alkyl halides is 3. The zero-order valence-electron chi connectivity index (χ0n) is 11.2. The molecular weight excluding hydrogens is 299 g/mol. The average Bonchev–Trinajstić information content (AvgIpc) is 2.80. The fourth-order valence-corrected chi connectivity index (χ4v) is 3.03. The molecule has 0 amide bonds. The van der Waals surface area contributed by atoms with Gasteiger partial charge in [0.15, 0.2) is 0 Å². The van der Waals surface area contributed by atoms with Crippen molar-refractivity contribution in [3.05, 3.63) is 56.8 Å². The van der Waals surface area contributed by atoms with Crippen molar-refractivity contribution in [1.29, 1.82) is 0 Å². The van der Waals surface area contributed by atoms with Crippen LogP contribution in [0.1, 0.15) is 16.0 Å². The van der Waals surface area contributed by atoms with Crippen LogP contribution in [0.3, 0.4) is 0 Å². The number of benzene rings is 1. The van der Waals surface area contributed by atoms with Crippen molar-refractivity contribution in [3.8, 4) is 10.4 Å². The second-order valence-electron chi connectivity index (χ2n) is 4.47. The minimum atomic E-state index is -4.32. The molecule has 0 aliphatic carbocycles. The van der Waals surface area contributed by atoms with Gasteiger partial charge in [-0.25, -0.2) is 0 Å². The van der Waals surface area contributed by atoms with Gasteiger partial charge in [0.05, 0.1) is 5.56 Å². The van der Waals surface area contributed by atoms with Crippen LogP contribution in [0, 0.1) is 6.92 Å². The maximum absolute atomic E-state index is 12.5. The highest BCUT2D eigenvalue weighted by Gasteiger charge is 2.30. The van der Waals surface area contributed by atoms with E-state index in [1.807, 2.05) is 13.0 Å². The van der Waals surface area contributed by atoms with E-state index in [1.54, 1.807) is 0 Å². The molecular formula is C14H12F3N3S. The van der Waals surface area contributed by atoms with Gasteiger partial charge < -0.3 is 0 Å². The van der Waals surface area contributed by atoms with Crippen LogP contribution in [-0.2, 0) is 12.6 Å². The number of thiophene rings is 1. The van der Waals surface area contributed by atoms with E-state index in [0.29, 0.717) is 13.0 Å². The van der Waals surface area contributed by atoms with Crippen molar-refractivity contribution in [2.45, 2.75) is 19.5 Å². The molecule has 2 aromatic rings. The summed E-state index contributed by atoms with van der Waals surface area (Å²) in [4.78, 5) is 4.70. The first kappa shape index (κ1) is 15.4. The molecule has 21 heavy (non-hydrogen) atoms. The molecule has 0 radical (unpaired) electrons. The quantitative estimate of drug-likeness (QED) is 0.401. The lowest BCUT2D eigenvalue weighted by Gasteiger charge is -2.06. The first-order valence-electron chi connectivity index (χ1n) is 6.19. The van der Waals surface area contributed by atoms with Gasteiger partial charge in [0.2, 0.25) is 0 Å². The van der Waals surface area contributed by atoms with Gasteiger partial charge in [0, 0.05) is 21.2 Å². The third kappa shape index (κ3) is 3.77. The fraction of sp³-hybridized carbons (Fsp3) is 0.286. The maximum Gasteiger partial charge on any atom is 0.416 e. The molecule has 0 N–H and O–H groups in total. The predicted octanol–water partition coefficient (Wildman–Crippen LogP) is 5.60. The van der Waals surface area contributed by atoms with E-state index in [4.69, 9.17) is 5.53 Å². The number of hydrogen-bond donors (Lipinski definition) is 0. The van der Waals surface area contributed by atoms with Crippen molar-refractivity contribution >= 4 is 11.3 Å². The Balaban J connectivity index is 2.22. The molecule has 0 atom stereocenters. The summed E-state index contributed by atoms with van der Waals surface area (Å²) in [7, 11) is 0. The van der Waals surface area contributed by atoms with Crippen molar-refractivity contribution in [2.75, 3.05) is 6.54 Å². The monoisotopic (exact) mass is 311 g/mol. The van der Waals surface area contributed by atoms with Gasteiger partial charge in [0.1, 0.15) is 0 Å². The van der Waals surface area contributed by atoms with E-state index in [-0.39, 0.29) is 0 Å². The number of nitrogens with zero attached hydrogens (tertiary/aromatic N) is 3. The van der Waals surface area contributed by atoms with Crippen molar-refractivity contribution in [1.82, 2.24) is 0 Å². The molecule has 1 aromatic carbocycles. The number of halogens is 3. The Labute approximate surface area is 123 Å². The van der Waals surface area contributed by atoms with E-state index < -0.39 is 11.7 Å². The SMILES string of the molecule is Cc1sc(-c2ccc(C(F)(F)F)cc2)cc1CCN=[N+]=[N-]. The van der Waals surface area contributed by atoms with Crippen LogP contribution in [0.2, 0.25) is 0 Å². The van der Waals surface area contributed by atoms with Gasteiger partial charge in [-0.05, 0) is 48.2 Å². The summed E-state index contributed by atoms with van der Waals surface area (Å²) in [6.07, 6.45) is -3.68. The van der Waals surface area contributed by atoms with E-state index in [9.17, 15) is 13.2 Å². The molecule has 3 nitrogen and oxygen atoms in total. The molecule has 1 heterocycles. The third-order valence-electron chi connectivity index (χ3n) is 3.06. The summed E-state index contributed by atoms with van der Waals surface area (Å²) in [6, 6.07) is 7.07. The first-order valence-corrected chi connectivity index (χ1v) is 7.01. The van der Waals surface area contributed by atoms with Gasteiger partial charge in [0.25, 0.3) is 0 Å². The number of azide groups is 1. The molecule has 0 spiro atoms. The Bertz CT molecular complexity index is 668. The molecule has 0 unspecified atom stereocenters. The zero-order chi connectivity index (χ0) is 15.5. The van der Waals surface area contributed by atoms with Crippen molar-refractivity contribution in [3.63, 3.8) is 0 Å². The largest absolute Gasteiger partial charge is 0.416 e. The summed E-state index contributed by atoms with van der Waals surface area (Å²) in [5.74, 6) is 0. The van der Waals surface area contributed by atoms with Gasteiger partial charge in [-0.2, -0.15) is 13.2 Å². The molecule has 1 aromatic heterocycles. The maximum atomic E-state index is 12.5. The normalized spacial score (nSPS) is 11.2. The fourth-order valence-electron chi connectivity index (χ4n) is 1.95. The van der Waals surface area contributed by atoms with E-state index >= 15 is 0 Å². The third-order valence-corrected chi connectivity index (χ3v) is 4.20. The molecule has 0 saturated carbocycles. The van der Waals surface area contributed by atoms with Crippen LogP contribution in [0.15, 0.2) is 35.4 Å². The number of aryl methyl sites for hydroxylation is 1. The lowest BCUT2D eigenvalue weighted by Crippen LogP contribution is -2.03. The Hall–Kier alpha value is -1.98.